The van der Waals surface area contributed by atoms with Crippen molar-refractivity contribution >= 4 is 5.69 Å². The standard InChI is InChI=1S/C15H22FNO/c1-10-6-11(2)8-13(7-10)17-14-5-4-12(16)9-15(14)18-3/h4-5,9-11,13,17H,6-8H2,1-3H3. The summed E-state index contributed by atoms with van der Waals surface area (Å²) < 4.78 is 18.3. The van der Waals surface area contributed by atoms with Gasteiger partial charge in [0, 0.05) is 12.1 Å². The van der Waals surface area contributed by atoms with Crippen LogP contribution in [0, 0.1) is 17.7 Å². The van der Waals surface area contributed by atoms with Gasteiger partial charge in [0.25, 0.3) is 0 Å². The second kappa shape index (κ2) is 5.59. The number of halogens is 1. The maximum atomic E-state index is 13.1. The van der Waals surface area contributed by atoms with Gasteiger partial charge in [0.2, 0.25) is 0 Å². The Morgan fingerprint density at radius 1 is 1.17 bits per heavy atom. The Bertz CT molecular complexity index is 397. The highest BCUT2D eigenvalue weighted by molar-refractivity contribution is 5.57. The van der Waals surface area contributed by atoms with Crippen molar-refractivity contribution in [1.82, 2.24) is 0 Å². The average Bonchev–Trinajstić information content (AvgIpc) is 2.30. The Kier molecular flexibility index (Phi) is 4.10. The molecular formula is C15H22FNO. The van der Waals surface area contributed by atoms with Gasteiger partial charge < -0.3 is 10.1 Å². The SMILES string of the molecule is COc1cc(F)ccc1NC1CC(C)CC(C)C1. The van der Waals surface area contributed by atoms with E-state index < -0.39 is 0 Å². The van der Waals surface area contributed by atoms with Crippen LogP contribution in [0.3, 0.4) is 0 Å². The summed E-state index contributed by atoms with van der Waals surface area (Å²) in [6, 6.07) is 5.12. The molecule has 0 amide bonds. The number of hydrogen-bond acceptors (Lipinski definition) is 2. The van der Waals surface area contributed by atoms with Gasteiger partial charge in [-0.2, -0.15) is 0 Å². The topological polar surface area (TPSA) is 21.3 Å². The van der Waals surface area contributed by atoms with E-state index in [2.05, 4.69) is 19.2 Å². The minimum absolute atomic E-state index is 0.261. The molecule has 100 valence electrons. The van der Waals surface area contributed by atoms with Gasteiger partial charge in [0.05, 0.1) is 12.8 Å². The van der Waals surface area contributed by atoms with Crippen molar-refractivity contribution in [1.29, 1.82) is 0 Å². The van der Waals surface area contributed by atoms with Crippen molar-refractivity contribution in [2.45, 2.75) is 39.2 Å². The van der Waals surface area contributed by atoms with E-state index in [1.165, 1.54) is 31.4 Å². The molecule has 0 saturated heterocycles. The Balaban J connectivity index is 2.08. The molecule has 1 aliphatic carbocycles. The van der Waals surface area contributed by atoms with E-state index in [1.807, 2.05) is 0 Å². The number of methoxy groups -OCH3 is 1. The van der Waals surface area contributed by atoms with Crippen molar-refractivity contribution < 1.29 is 9.13 Å². The fourth-order valence-corrected chi connectivity index (χ4v) is 3.07. The lowest BCUT2D eigenvalue weighted by atomic mass is 9.80. The molecule has 1 saturated carbocycles. The van der Waals surface area contributed by atoms with Crippen LogP contribution in [0.5, 0.6) is 5.75 Å². The maximum absolute atomic E-state index is 13.1. The molecule has 0 heterocycles. The number of anilines is 1. The Labute approximate surface area is 109 Å². The number of hydrogen-bond donors (Lipinski definition) is 1. The third kappa shape index (κ3) is 3.15. The summed E-state index contributed by atoms with van der Waals surface area (Å²) in [6.45, 7) is 4.60. The molecule has 3 heteroatoms. The lowest BCUT2D eigenvalue weighted by Crippen LogP contribution is -2.30. The first-order valence-electron chi connectivity index (χ1n) is 6.68. The molecule has 1 N–H and O–H groups in total. The molecule has 1 aromatic rings. The van der Waals surface area contributed by atoms with E-state index in [-0.39, 0.29) is 5.82 Å². The van der Waals surface area contributed by atoms with Gasteiger partial charge in [-0.3, -0.25) is 0 Å². The van der Waals surface area contributed by atoms with Crippen LogP contribution in [-0.2, 0) is 0 Å². The van der Waals surface area contributed by atoms with Crippen LogP contribution < -0.4 is 10.1 Å². The predicted octanol–water partition coefficient (Wildman–Crippen LogP) is 4.07. The molecule has 2 atom stereocenters. The van der Waals surface area contributed by atoms with Crippen molar-refractivity contribution in [3.63, 3.8) is 0 Å². The summed E-state index contributed by atoms with van der Waals surface area (Å²) >= 11 is 0. The lowest BCUT2D eigenvalue weighted by molar-refractivity contribution is 0.280. The molecule has 0 spiro atoms. The molecule has 18 heavy (non-hydrogen) atoms. The summed E-state index contributed by atoms with van der Waals surface area (Å²) in [6.07, 6.45) is 3.65. The summed E-state index contributed by atoms with van der Waals surface area (Å²) in [7, 11) is 1.58. The van der Waals surface area contributed by atoms with Crippen LogP contribution in [0.4, 0.5) is 10.1 Å². The van der Waals surface area contributed by atoms with Crippen molar-refractivity contribution in [3.8, 4) is 5.75 Å². The first-order chi connectivity index (χ1) is 8.58. The highest BCUT2D eigenvalue weighted by atomic mass is 19.1. The number of rotatable bonds is 3. The van der Waals surface area contributed by atoms with Crippen LogP contribution in [0.25, 0.3) is 0 Å². The van der Waals surface area contributed by atoms with Gasteiger partial charge in [0.1, 0.15) is 11.6 Å². The van der Waals surface area contributed by atoms with Gasteiger partial charge in [0.15, 0.2) is 0 Å². The minimum atomic E-state index is -0.261. The zero-order valence-electron chi connectivity index (χ0n) is 11.4. The minimum Gasteiger partial charge on any atom is -0.494 e. The van der Waals surface area contributed by atoms with E-state index in [0.29, 0.717) is 11.8 Å². The third-order valence-electron chi connectivity index (χ3n) is 3.70. The van der Waals surface area contributed by atoms with E-state index in [0.717, 1.165) is 17.5 Å². The van der Waals surface area contributed by atoms with E-state index in [1.54, 1.807) is 13.2 Å². The van der Waals surface area contributed by atoms with Crippen LogP contribution in [-0.4, -0.2) is 13.2 Å². The maximum Gasteiger partial charge on any atom is 0.144 e. The molecule has 0 bridgehead atoms. The van der Waals surface area contributed by atoms with Crippen LogP contribution >= 0.6 is 0 Å². The number of benzene rings is 1. The predicted molar refractivity (Wildman–Crippen MR) is 72.5 cm³/mol. The zero-order chi connectivity index (χ0) is 13.1. The first-order valence-corrected chi connectivity index (χ1v) is 6.68. The monoisotopic (exact) mass is 251 g/mol. The largest absolute Gasteiger partial charge is 0.494 e. The quantitative estimate of drug-likeness (QED) is 0.874. The highest BCUT2D eigenvalue weighted by Gasteiger charge is 2.24. The Morgan fingerprint density at radius 2 is 1.83 bits per heavy atom. The molecule has 0 radical (unpaired) electrons. The van der Waals surface area contributed by atoms with Crippen molar-refractivity contribution in [3.05, 3.63) is 24.0 Å². The normalized spacial score (nSPS) is 27.9. The van der Waals surface area contributed by atoms with Crippen molar-refractivity contribution in [2.75, 3.05) is 12.4 Å². The molecule has 0 aromatic heterocycles. The van der Waals surface area contributed by atoms with Gasteiger partial charge in [-0.15, -0.1) is 0 Å². The van der Waals surface area contributed by atoms with Crippen molar-refractivity contribution in [2.24, 2.45) is 11.8 Å². The summed E-state index contributed by atoms with van der Waals surface area (Å²) in [4.78, 5) is 0. The van der Waals surface area contributed by atoms with E-state index in [9.17, 15) is 4.39 Å². The Morgan fingerprint density at radius 3 is 2.44 bits per heavy atom. The molecular weight excluding hydrogens is 229 g/mol. The smallest absolute Gasteiger partial charge is 0.144 e. The van der Waals surface area contributed by atoms with Crippen LogP contribution in [0.15, 0.2) is 18.2 Å². The molecule has 1 aromatic carbocycles. The Hall–Kier alpha value is -1.25. The van der Waals surface area contributed by atoms with Gasteiger partial charge in [-0.25, -0.2) is 4.39 Å². The molecule has 2 nitrogen and oxygen atoms in total. The second-order valence-corrected chi connectivity index (χ2v) is 5.60. The highest BCUT2D eigenvalue weighted by Crippen LogP contribution is 2.33. The lowest BCUT2D eigenvalue weighted by Gasteiger charge is -2.32. The summed E-state index contributed by atoms with van der Waals surface area (Å²) in [5.41, 5.74) is 0.894. The van der Waals surface area contributed by atoms with E-state index >= 15 is 0 Å². The third-order valence-corrected chi connectivity index (χ3v) is 3.70. The molecule has 2 unspecified atom stereocenters. The fraction of sp³-hybridized carbons (Fsp3) is 0.600. The van der Waals surface area contributed by atoms with Gasteiger partial charge in [-0.05, 0) is 43.2 Å². The zero-order valence-corrected chi connectivity index (χ0v) is 11.4. The molecule has 0 aliphatic heterocycles. The number of ether oxygens (including phenoxy) is 1. The average molecular weight is 251 g/mol. The second-order valence-electron chi connectivity index (χ2n) is 5.60. The van der Waals surface area contributed by atoms with Crippen LogP contribution in [0.2, 0.25) is 0 Å². The first kappa shape index (κ1) is 13.2. The van der Waals surface area contributed by atoms with E-state index in [4.69, 9.17) is 4.74 Å². The molecule has 1 fully saturated rings. The summed E-state index contributed by atoms with van der Waals surface area (Å²) in [5, 5.41) is 3.50. The summed E-state index contributed by atoms with van der Waals surface area (Å²) in [5.74, 6) is 1.82. The number of nitrogens with one attached hydrogen (secondary N) is 1. The van der Waals surface area contributed by atoms with Gasteiger partial charge >= 0.3 is 0 Å². The van der Waals surface area contributed by atoms with Crippen LogP contribution in [0.1, 0.15) is 33.1 Å². The fourth-order valence-electron chi connectivity index (χ4n) is 3.07. The van der Waals surface area contributed by atoms with Gasteiger partial charge in [-0.1, -0.05) is 13.8 Å². The molecule has 1 aliphatic rings. The molecule has 2 rings (SSSR count).